The highest BCUT2D eigenvalue weighted by Crippen LogP contribution is 2.26. The van der Waals surface area contributed by atoms with Gasteiger partial charge in [0.15, 0.2) is 0 Å². The second-order valence-electron chi connectivity index (χ2n) is 4.78. The Morgan fingerprint density at radius 1 is 1.43 bits per heavy atom. The van der Waals surface area contributed by atoms with Gasteiger partial charge in [0.1, 0.15) is 11.3 Å². The van der Waals surface area contributed by atoms with Crippen LogP contribution in [0.1, 0.15) is 18.7 Å². The Hall–Kier alpha value is -1.37. The summed E-state index contributed by atoms with van der Waals surface area (Å²) in [6.45, 7) is 3.24. The minimum atomic E-state index is -0.0576. The van der Waals surface area contributed by atoms with Crippen LogP contribution in [0.3, 0.4) is 0 Å². The van der Waals surface area contributed by atoms with E-state index in [1.165, 1.54) is 0 Å². The number of hydrogen-bond acceptors (Lipinski definition) is 4. The molecule has 2 N–H and O–H groups in total. The Bertz CT molecular complexity index is 612. The van der Waals surface area contributed by atoms with Crippen molar-refractivity contribution in [2.24, 2.45) is 0 Å². The molecule has 0 aliphatic carbocycles. The van der Waals surface area contributed by atoms with Gasteiger partial charge in [0.25, 0.3) is 0 Å². The van der Waals surface area contributed by atoms with E-state index in [-0.39, 0.29) is 18.5 Å². The van der Waals surface area contributed by atoms with Crippen LogP contribution < -0.4 is 10.6 Å². The Morgan fingerprint density at radius 3 is 3.00 bits per heavy atom. The number of fused-ring (bicyclic) bond motifs is 1. The van der Waals surface area contributed by atoms with Gasteiger partial charge in [-0.2, -0.15) is 0 Å². The summed E-state index contributed by atoms with van der Waals surface area (Å²) in [5.41, 5.74) is 0.839. The Balaban J connectivity index is 1.89. The third-order valence-corrected chi connectivity index (χ3v) is 3.61. The van der Waals surface area contributed by atoms with Gasteiger partial charge in [0.2, 0.25) is 5.91 Å². The molecule has 1 heterocycles. The quantitative estimate of drug-likeness (QED) is 0.750. The molecule has 5 nitrogen and oxygen atoms in total. The number of furan rings is 1. The molecule has 1 unspecified atom stereocenters. The second-order valence-corrected chi connectivity index (χ2v) is 5.69. The fourth-order valence-electron chi connectivity index (χ4n) is 1.95. The minimum Gasteiger partial charge on any atom is -0.459 e. The van der Waals surface area contributed by atoms with Crippen molar-refractivity contribution in [3.63, 3.8) is 0 Å². The van der Waals surface area contributed by atoms with Gasteiger partial charge >= 0.3 is 0 Å². The van der Waals surface area contributed by atoms with E-state index >= 15 is 0 Å². The minimum absolute atomic E-state index is 0.0376. The Labute approximate surface area is 132 Å². The van der Waals surface area contributed by atoms with E-state index in [4.69, 9.17) is 9.15 Å². The first-order valence-corrected chi connectivity index (χ1v) is 7.57. The maximum Gasteiger partial charge on any atom is 0.234 e. The van der Waals surface area contributed by atoms with Crippen LogP contribution in [0, 0.1) is 0 Å². The zero-order valence-corrected chi connectivity index (χ0v) is 13.7. The van der Waals surface area contributed by atoms with Crippen LogP contribution in [0.25, 0.3) is 11.0 Å². The predicted molar refractivity (Wildman–Crippen MR) is 85.2 cm³/mol. The van der Waals surface area contributed by atoms with E-state index in [0.29, 0.717) is 13.2 Å². The molecule has 1 amide bonds. The van der Waals surface area contributed by atoms with Crippen molar-refractivity contribution in [2.45, 2.75) is 13.0 Å². The zero-order valence-electron chi connectivity index (χ0n) is 12.1. The lowest BCUT2D eigenvalue weighted by Crippen LogP contribution is -2.36. The molecule has 0 aliphatic heterocycles. The molecule has 0 spiro atoms. The van der Waals surface area contributed by atoms with E-state index in [9.17, 15) is 4.79 Å². The standard InChI is InChI=1S/C15H19BrN2O3/c1-10(18-9-15(19)17-5-6-20-2)14-8-11-7-12(16)3-4-13(11)21-14/h3-4,7-8,10,18H,5-6,9H2,1-2H3,(H,17,19). The zero-order chi connectivity index (χ0) is 15.2. The molecule has 21 heavy (non-hydrogen) atoms. The largest absolute Gasteiger partial charge is 0.459 e. The monoisotopic (exact) mass is 354 g/mol. The smallest absolute Gasteiger partial charge is 0.234 e. The number of halogens is 1. The van der Waals surface area contributed by atoms with Crippen LogP contribution in [0.2, 0.25) is 0 Å². The van der Waals surface area contributed by atoms with Crippen molar-refractivity contribution < 1.29 is 13.9 Å². The fourth-order valence-corrected chi connectivity index (χ4v) is 2.33. The summed E-state index contributed by atoms with van der Waals surface area (Å²) in [6, 6.07) is 7.82. The fraction of sp³-hybridized carbons (Fsp3) is 0.400. The molecule has 6 heteroatoms. The topological polar surface area (TPSA) is 63.5 Å². The average Bonchev–Trinajstić information content (AvgIpc) is 2.88. The number of nitrogens with one attached hydrogen (secondary N) is 2. The van der Waals surface area contributed by atoms with Crippen molar-refractivity contribution in [2.75, 3.05) is 26.8 Å². The first kappa shape index (κ1) is 16.0. The average molecular weight is 355 g/mol. The van der Waals surface area contributed by atoms with Crippen molar-refractivity contribution in [3.05, 3.63) is 34.5 Å². The molecule has 2 rings (SSSR count). The molecule has 114 valence electrons. The summed E-state index contributed by atoms with van der Waals surface area (Å²) in [5, 5.41) is 6.94. The number of carbonyl (C=O) groups excluding carboxylic acids is 1. The van der Waals surface area contributed by atoms with Gasteiger partial charge in [-0.3, -0.25) is 10.1 Å². The summed E-state index contributed by atoms with van der Waals surface area (Å²) < 4.78 is 11.7. The first-order valence-electron chi connectivity index (χ1n) is 6.78. The van der Waals surface area contributed by atoms with Gasteiger partial charge in [-0.25, -0.2) is 0 Å². The van der Waals surface area contributed by atoms with Crippen molar-refractivity contribution in [3.8, 4) is 0 Å². The summed E-state index contributed by atoms with van der Waals surface area (Å²) >= 11 is 3.44. The molecule has 0 fully saturated rings. The molecule has 0 bridgehead atoms. The Morgan fingerprint density at radius 2 is 2.24 bits per heavy atom. The maximum absolute atomic E-state index is 11.6. The van der Waals surface area contributed by atoms with Crippen molar-refractivity contribution in [1.29, 1.82) is 0 Å². The highest BCUT2D eigenvalue weighted by Gasteiger charge is 2.12. The first-order chi connectivity index (χ1) is 10.1. The lowest BCUT2D eigenvalue weighted by atomic mass is 10.2. The second kappa shape index (κ2) is 7.59. The van der Waals surface area contributed by atoms with Crippen molar-refractivity contribution in [1.82, 2.24) is 10.6 Å². The van der Waals surface area contributed by atoms with Gasteiger partial charge in [-0.05, 0) is 31.2 Å². The number of hydrogen-bond donors (Lipinski definition) is 2. The normalized spacial score (nSPS) is 12.5. The summed E-state index contributed by atoms with van der Waals surface area (Å²) in [6.07, 6.45) is 0. The summed E-state index contributed by atoms with van der Waals surface area (Å²) in [4.78, 5) is 11.6. The number of methoxy groups -OCH3 is 1. The van der Waals surface area contributed by atoms with Crippen LogP contribution in [0.5, 0.6) is 0 Å². The molecular weight excluding hydrogens is 336 g/mol. The lowest BCUT2D eigenvalue weighted by Gasteiger charge is -2.11. The third kappa shape index (κ3) is 4.56. The lowest BCUT2D eigenvalue weighted by molar-refractivity contribution is -0.120. The number of carbonyl (C=O) groups is 1. The van der Waals surface area contributed by atoms with E-state index in [2.05, 4.69) is 26.6 Å². The molecule has 1 atom stereocenters. The van der Waals surface area contributed by atoms with E-state index < -0.39 is 0 Å². The highest BCUT2D eigenvalue weighted by molar-refractivity contribution is 9.10. The molecule has 0 radical (unpaired) electrons. The Kier molecular flexibility index (Phi) is 5.78. The van der Waals surface area contributed by atoms with Crippen LogP contribution in [0.15, 0.2) is 33.2 Å². The third-order valence-electron chi connectivity index (χ3n) is 3.12. The highest BCUT2D eigenvalue weighted by atomic mass is 79.9. The van der Waals surface area contributed by atoms with E-state index in [1.54, 1.807) is 7.11 Å². The summed E-state index contributed by atoms with van der Waals surface area (Å²) in [7, 11) is 1.60. The molecular formula is C15H19BrN2O3. The van der Waals surface area contributed by atoms with Gasteiger partial charge in [0.05, 0.1) is 19.2 Å². The molecule has 0 saturated heterocycles. The van der Waals surface area contributed by atoms with Crippen LogP contribution in [-0.4, -0.2) is 32.7 Å². The molecule has 2 aromatic rings. The van der Waals surface area contributed by atoms with Crippen LogP contribution in [0.4, 0.5) is 0 Å². The molecule has 0 aliphatic rings. The van der Waals surface area contributed by atoms with E-state index in [0.717, 1.165) is 21.2 Å². The van der Waals surface area contributed by atoms with Crippen LogP contribution in [-0.2, 0) is 9.53 Å². The van der Waals surface area contributed by atoms with Gasteiger partial charge in [-0.1, -0.05) is 15.9 Å². The summed E-state index contributed by atoms with van der Waals surface area (Å²) in [5.74, 6) is 0.755. The number of benzene rings is 1. The van der Waals surface area contributed by atoms with E-state index in [1.807, 2.05) is 31.2 Å². The van der Waals surface area contributed by atoms with Gasteiger partial charge < -0.3 is 14.5 Å². The predicted octanol–water partition coefficient (Wildman–Crippen LogP) is 2.61. The number of ether oxygens (including phenoxy) is 1. The SMILES string of the molecule is COCCNC(=O)CNC(C)c1cc2cc(Br)ccc2o1. The van der Waals surface area contributed by atoms with Gasteiger partial charge in [0, 0.05) is 23.5 Å². The molecule has 1 aromatic heterocycles. The van der Waals surface area contributed by atoms with Gasteiger partial charge in [-0.15, -0.1) is 0 Å². The maximum atomic E-state index is 11.6. The number of amides is 1. The number of rotatable bonds is 7. The molecule has 1 aromatic carbocycles. The van der Waals surface area contributed by atoms with Crippen LogP contribution >= 0.6 is 15.9 Å². The van der Waals surface area contributed by atoms with Crippen molar-refractivity contribution >= 4 is 32.8 Å². The molecule has 0 saturated carbocycles.